The molecule has 12 rings (SSSR count). The topological polar surface area (TPSA) is 21.7 Å². The zero-order valence-corrected chi connectivity index (χ0v) is 38.3. The predicted octanol–water partition coefficient (Wildman–Crippen LogP) is 17.6. The molecule has 5 heteroatoms. The van der Waals surface area contributed by atoms with Crippen LogP contribution in [-0.2, 0) is 10.8 Å². The van der Waals surface area contributed by atoms with Crippen molar-refractivity contribution in [3.63, 3.8) is 0 Å². The summed E-state index contributed by atoms with van der Waals surface area (Å²) in [6, 6.07) is 72.2. The molecule has 9 aromatic carbocycles. The molecule has 0 spiro atoms. The van der Waals surface area contributed by atoms with Gasteiger partial charge in [0.1, 0.15) is 23.0 Å². The van der Waals surface area contributed by atoms with E-state index in [0.29, 0.717) is 0 Å². The van der Waals surface area contributed by atoms with E-state index in [1.807, 2.05) is 23.5 Å². The summed E-state index contributed by atoms with van der Waals surface area (Å²) in [6.07, 6.45) is 0. The Morgan fingerprint density at radius 1 is 0.338 bits per heavy atom. The molecule has 3 aliphatic rings. The number of benzene rings is 9. The van der Waals surface area contributed by atoms with Crippen molar-refractivity contribution in [1.82, 2.24) is 0 Å². The van der Waals surface area contributed by atoms with Crippen LogP contribution >= 0.6 is 23.5 Å². The molecule has 0 radical (unpaired) electrons. The molecule has 0 aliphatic carbocycles. The highest BCUT2D eigenvalue weighted by Gasteiger charge is 2.37. The van der Waals surface area contributed by atoms with Crippen molar-refractivity contribution in [3.8, 4) is 56.4 Å². The second kappa shape index (κ2) is 15.4. The van der Waals surface area contributed by atoms with Gasteiger partial charge in [0, 0.05) is 80.9 Å². The highest BCUT2D eigenvalue weighted by molar-refractivity contribution is 8.05. The third-order valence-electron chi connectivity index (χ3n) is 13.5. The van der Waals surface area contributed by atoms with Crippen LogP contribution in [0.2, 0.25) is 0 Å². The first-order valence-electron chi connectivity index (χ1n) is 22.2. The molecule has 65 heavy (non-hydrogen) atoms. The van der Waals surface area contributed by atoms with Gasteiger partial charge in [-0.15, -0.1) is 0 Å². The summed E-state index contributed by atoms with van der Waals surface area (Å²) in [5, 5.41) is 0. The summed E-state index contributed by atoms with van der Waals surface area (Å²) in [5.74, 6) is 3.69. The first-order valence-corrected chi connectivity index (χ1v) is 23.9. The largest absolute Gasteiger partial charge is 0.456 e. The van der Waals surface area contributed by atoms with Gasteiger partial charge >= 0.3 is 0 Å². The van der Waals surface area contributed by atoms with Crippen LogP contribution in [0, 0.1) is 0 Å². The molecule has 314 valence electrons. The van der Waals surface area contributed by atoms with E-state index >= 15 is 0 Å². The molecule has 3 nitrogen and oxygen atoms in total. The van der Waals surface area contributed by atoms with Gasteiger partial charge in [0.2, 0.25) is 0 Å². The van der Waals surface area contributed by atoms with E-state index in [1.54, 1.807) is 0 Å². The number of hydrogen-bond acceptors (Lipinski definition) is 5. The zero-order chi connectivity index (χ0) is 43.9. The molecule has 3 aliphatic heterocycles. The van der Waals surface area contributed by atoms with E-state index in [0.717, 1.165) is 62.3 Å². The van der Waals surface area contributed by atoms with Crippen LogP contribution in [0.4, 0.5) is 17.1 Å². The molecular weight excluding hydrogens is 831 g/mol. The maximum absolute atomic E-state index is 6.70. The lowest BCUT2D eigenvalue weighted by atomic mass is 9.75. The van der Waals surface area contributed by atoms with Crippen LogP contribution in [0.3, 0.4) is 0 Å². The molecule has 0 amide bonds. The summed E-state index contributed by atoms with van der Waals surface area (Å²) in [6.45, 7) is 9.16. The van der Waals surface area contributed by atoms with E-state index in [-0.39, 0.29) is 10.8 Å². The monoisotopic (exact) mass is 875 g/mol. The average Bonchev–Trinajstić information content (AvgIpc) is 3.34. The molecule has 0 N–H and O–H groups in total. The van der Waals surface area contributed by atoms with Gasteiger partial charge in [-0.1, -0.05) is 185 Å². The summed E-state index contributed by atoms with van der Waals surface area (Å²) in [4.78, 5) is 7.58. The van der Waals surface area contributed by atoms with Crippen LogP contribution in [0.15, 0.2) is 220 Å². The Hall–Kier alpha value is -6.92. The molecule has 0 saturated carbocycles. The molecule has 0 aromatic heterocycles. The van der Waals surface area contributed by atoms with Crippen molar-refractivity contribution in [1.29, 1.82) is 0 Å². The van der Waals surface area contributed by atoms with Crippen LogP contribution < -0.4 is 14.4 Å². The Morgan fingerprint density at radius 2 is 0.708 bits per heavy atom. The van der Waals surface area contributed by atoms with Gasteiger partial charge in [0.25, 0.3) is 0 Å². The van der Waals surface area contributed by atoms with E-state index in [9.17, 15) is 0 Å². The van der Waals surface area contributed by atoms with Crippen molar-refractivity contribution < 1.29 is 9.47 Å². The minimum Gasteiger partial charge on any atom is -0.456 e. The Kier molecular flexibility index (Phi) is 9.38. The van der Waals surface area contributed by atoms with E-state index in [1.165, 1.54) is 53.0 Å². The SMILES string of the molecule is CC1(C)c2ccccc2Oc2c(-c3ccc(N(c4ccc(-c5cccc6c5Oc5ccccc5C6(C)C)cc4)c4ccc(-c5cccc6c5Sc5ccccc5S6)cc4)cc3)cccc21. The Morgan fingerprint density at radius 3 is 1.20 bits per heavy atom. The fourth-order valence-corrected chi connectivity index (χ4v) is 12.4. The van der Waals surface area contributed by atoms with Crippen LogP contribution in [0.25, 0.3) is 33.4 Å². The number of hydrogen-bond donors (Lipinski definition) is 0. The van der Waals surface area contributed by atoms with Crippen molar-refractivity contribution in [2.45, 2.75) is 58.1 Å². The number of para-hydroxylation sites is 4. The lowest BCUT2D eigenvalue weighted by Crippen LogP contribution is -2.24. The molecule has 0 bridgehead atoms. The molecule has 9 aromatic rings. The first-order chi connectivity index (χ1) is 31.7. The lowest BCUT2D eigenvalue weighted by Gasteiger charge is -2.35. The number of anilines is 3. The van der Waals surface area contributed by atoms with E-state index in [2.05, 4.69) is 233 Å². The fourth-order valence-electron chi connectivity index (χ4n) is 9.98. The van der Waals surface area contributed by atoms with Gasteiger partial charge in [-0.3, -0.25) is 0 Å². The molecule has 0 unspecified atom stereocenters. The summed E-state index contributed by atoms with van der Waals surface area (Å²) in [7, 11) is 0. The van der Waals surface area contributed by atoms with Gasteiger partial charge in [-0.25, -0.2) is 0 Å². The number of nitrogens with zero attached hydrogens (tertiary/aromatic N) is 1. The minimum atomic E-state index is -0.192. The van der Waals surface area contributed by atoms with Crippen LogP contribution in [0.1, 0.15) is 49.9 Å². The Bertz CT molecular complexity index is 3160. The molecule has 0 fully saturated rings. The average molecular weight is 876 g/mol. The molecule has 0 saturated heterocycles. The molecular formula is C60H45NO2S2. The standard InChI is InChI=1S/C60H45NO2S2/c1-59(2)47-17-5-7-21-51(47)62-56-44(14-11-19-49(56)59)38-26-32-41(33-27-38)61(43-36-30-40(31-37-43)46-16-13-25-55-58(46)65-54-24-10-9-23-53(54)64-55)42-34-28-39(29-35-42)45-15-12-20-50-57(45)63-52-22-8-6-18-48(52)60(50,3)4/h5-37H,1-4H3. The van der Waals surface area contributed by atoms with Gasteiger partial charge < -0.3 is 14.4 Å². The van der Waals surface area contributed by atoms with E-state index < -0.39 is 0 Å². The number of rotatable bonds is 6. The number of ether oxygens (including phenoxy) is 2. The first kappa shape index (κ1) is 39.7. The van der Waals surface area contributed by atoms with Crippen molar-refractivity contribution in [2.24, 2.45) is 0 Å². The van der Waals surface area contributed by atoms with E-state index in [4.69, 9.17) is 9.47 Å². The fraction of sp³-hybridized carbons (Fsp3) is 0.100. The minimum absolute atomic E-state index is 0.192. The Balaban J connectivity index is 0.927. The third kappa shape index (κ3) is 6.59. The summed E-state index contributed by atoms with van der Waals surface area (Å²) >= 11 is 3.72. The third-order valence-corrected chi connectivity index (χ3v) is 16.1. The maximum atomic E-state index is 6.70. The molecule has 3 heterocycles. The second-order valence-corrected chi connectivity index (χ2v) is 20.2. The smallest absolute Gasteiger partial charge is 0.139 e. The normalized spacial score (nSPS) is 14.5. The van der Waals surface area contributed by atoms with Gasteiger partial charge in [-0.2, -0.15) is 0 Å². The van der Waals surface area contributed by atoms with Crippen molar-refractivity contribution in [2.75, 3.05) is 4.90 Å². The highest BCUT2D eigenvalue weighted by atomic mass is 32.2. The van der Waals surface area contributed by atoms with Crippen LogP contribution in [-0.4, -0.2) is 0 Å². The zero-order valence-electron chi connectivity index (χ0n) is 36.6. The summed E-state index contributed by atoms with van der Waals surface area (Å²) < 4.78 is 13.4. The summed E-state index contributed by atoms with van der Waals surface area (Å²) in [5.41, 5.74) is 14.4. The van der Waals surface area contributed by atoms with Gasteiger partial charge in [-0.05, 0) is 89.0 Å². The quantitative estimate of drug-likeness (QED) is 0.165. The number of fused-ring (bicyclic) bond motifs is 6. The second-order valence-electron chi connectivity index (χ2n) is 18.1. The molecule has 0 atom stereocenters. The van der Waals surface area contributed by atoms with Crippen LogP contribution in [0.5, 0.6) is 23.0 Å². The van der Waals surface area contributed by atoms with Gasteiger partial charge in [0.05, 0.1) is 0 Å². The highest BCUT2D eigenvalue weighted by Crippen LogP contribution is 2.54. The lowest BCUT2D eigenvalue weighted by molar-refractivity contribution is 0.419. The Labute approximate surface area is 389 Å². The van der Waals surface area contributed by atoms with Crippen molar-refractivity contribution in [3.05, 3.63) is 222 Å². The maximum Gasteiger partial charge on any atom is 0.139 e. The predicted molar refractivity (Wildman–Crippen MR) is 269 cm³/mol. The van der Waals surface area contributed by atoms with Gasteiger partial charge in [0.15, 0.2) is 0 Å². The van der Waals surface area contributed by atoms with Crippen molar-refractivity contribution >= 4 is 40.6 Å².